The van der Waals surface area contributed by atoms with Gasteiger partial charge >= 0.3 is 0 Å². The first-order valence-corrected chi connectivity index (χ1v) is 13.5. The molecule has 0 aromatic rings. The van der Waals surface area contributed by atoms with E-state index in [2.05, 4.69) is 20.0 Å². The standard InChI is InChI=1S/C19H41ClOSi/c1-4-5-6-7-8-9-10-11-12-13-14-15-18-21-22(2,3)19-16-17-20/h4-19H2,1-3H3. The molecule has 0 aliphatic rings. The molecule has 0 aliphatic heterocycles. The summed E-state index contributed by atoms with van der Waals surface area (Å²) in [5.41, 5.74) is 0. The molecule has 0 bridgehead atoms. The molecule has 134 valence electrons. The Morgan fingerprint density at radius 1 is 0.682 bits per heavy atom. The molecular weight excluding hydrogens is 308 g/mol. The Balaban J connectivity index is 3.17. The summed E-state index contributed by atoms with van der Waals surface area (Å²) in [6.45, 7) is 7.90. The Bertz CT molecular complexity index is 221. The van der Waals surface area contributed by atoms with E-state index in [-0.39, 0.29) is 0 Å². The lowest BCUT2D eigenvalue weighted by Gasteiger charge is -2.22. The fraction of sp³-hybridized carbons (Fsp3) is 1.00. The zero-order valence-corrected chi connectivity index (χ0v) is 17.4. The molecule has 0 N–H and O–H groups in total. The van der Waals surface area contributed by atoms with Gasteiger partial charge in [0, 0.05) is 12.5 Å². The summed E-state index contributed by atoms with van der Waals surface area (Å²) in [5.74, 6) is 0.776. The summed E-state index contributed by atoms with van der Waals surface area (Å²) >= 11 is 5.76. The Labute approximate surface area is 146 Å². The summed E-state index contributed by atoms with van der Waals surface area (Å²) in [6, 6.07) is 1.20. The third-order valence-corrected chi connectivity index (χ3v) is 7.21. The Morgan fingerprint density at radius 3 is 1.59 bits per heavy atom. The normalized spacial score (nSPS) is 12.0. The van der Waals surface area contributed by atoms with Gasteiger partial charge in [-0.25, -0.2) is 0 Å². The molecule has 1 nitrogen and oxygen atoms in total. The van der Waals surface area contributed by atoms with E-state index in [1.54, 1.807) is 0 Å². The summed E-state index contributed by atoms with van der Waals surface area (Å²) < 4.78 is 6.10. The molecule has 0 rings (SSSR count). The first kappa shape index (κ1) is 22.5. The zero-order valence-electron chi connectivity index (χ0n) is 15.6. The smallest absolute Gasteiger partial charge is 0.186 e. The summed E-state index contributed by atoms with van der Waals surface area (Å²) in [6.07, 6.45) is 18.0. The van der Waals surface area contributed by atoms with E-state index in [9.17, 15) is 0 Å². The molecule has 0 aliphatic carbocycles. The van der Waals surface area contributed by atoms with E-state index in [0.717, 1.165) is 18.9 Å². The van der Waals surface area contributed by atoms with Gasteiger partial charge in [0.25, 0.3) is 0 Å². The van der Waals surface area contributed by atoms with Gasteiger partial charge in [-0.1, -0.05) is 77.6 Å². The van der Waals surface area contributed by atoms with E-state index in [4.69, 9.17) is 16.0 Å². The van der Waals surface area contributed by atoms with Crippen molar-refractivity contribution in [3.63, 3.8) is 0 Å². The second-order valence-corrected chi connectivity index (χ2v) is 12.0. The predicted octanol–water partition coefficient (Wildman–Crippen LogP) is 7.54. The van der Waals surface area contributed by atoms with E-state index in [1.807, 2.05) is 0 Å². The molecule has 22 heavy (non-hydrogen) atoms. The van der Waals surface area contributed by atoms with Crippen LogP contribution in [0.25, 0.3) is 0 Å². The fourth-order valence-electron chi connectivity index (χ4n) is 2.86. The maximum Gasteiger partial charge on any atom is 0.186 e. The van der Waals surface area contributed by atoms with E-state index < -0.39 is 8.32 Å². The summed E-state index contributed by atoms with van der Waals surface area (Å²) in [5, 5.41) is 0. The third-order valence-electron chi connectivity index (χ3n) is 4.40. The highest BCUT2D eigenvalue weighted by molar-refractivity contribution is 6.71. The number of hydrogen-bond acceptors (Lipinski definition) is 1. The molecule has 0 saturated carbocycles. The highest BCUT2D eigenvalue weighted by atomic mass is 35.5. The quantitative estimate of drug-likeness (QED) is 0.150. The van der Waals surface area contributed by atoms with Crippen LogP contribution < -0.4 is 0 Å². The number of alkyl halides is 1. The van der Waals surface area contributed by atoms with Crippen LogP contribution in [0.3, 0.4) is 0 Å². The Hall–Kier alpha value is 0.467. The number of unbranched alkanes of at least 4 members (excludes halogenated alkanes) is 11. The van der Waals surface area contributed by atoms with Crippen molar-refractivity contribution in [2.24, 2.45) is 0 Å². The zero-order chi connectivity index (χ0) is 16.5. The van der Waals surface area contributed by atoms with Crippen molar-refractivity contribution in [3.8, 4) is 0 Å². The lowest BCUT2D eigenvalue weighted by atomic mass is 10.1. The van der Waals surface area contributed by atoms with Crippen LogP contribution in [0, 0.1) is 0 Å². The van der Waals surface area contributed by atoms with Gasteiger partial charge in [-0.05, 0) is 32.0 Å². The molecule has 0 spiro atoms. The molecule has 0 heterocycles. The van der Waals surface area contributed by atoms with Crippen molar-refractivity contribution in [1.82, 2.24) is 0 Å². The van der Waals surface area contributed by atoms with Crippen molar-refractivity contribution in [3.05, 3.63) is 0 Å². The number of hydrogen-bond donors (Lipinski definition) is 0. The second-order valence-electron chi connectivity index (χ2n) is 7.29. The van der Waals surface area contributed by atoms with Gasteiger partial charge in [-0.2, -0.15) is 0 Å². The average molecular weight is 349 g/mol. The van der Waals surface area contributed by atoms with Crippen LogP contribution in [0.5, 0.6) is 0 Å². The topological polar surface area (TPSA) is 9.23 Å². The molecule has 0 fully saturated rings. The van der Waals surface area contributed by atoms with Gasteiger partial charge in [0.05, 0.1) is 0 Å². The van der Waals surface area contributed by atoms with Gasteiger partial charge in [0.2, 0.25) is 0 Å². The summed E-state index contributed by atoms with van der Waals surface area (Å²) in [4.78, 5) is 0. The van der Waals surface area contributed by atoms with Crippen molar-refractivity contribution in [1.29, 1.82) is 0 Å². The lowest BCUT2D eigenvalue weighted by Crippen LogP contribution is -2.30. The van der Waals surface area contributed by atoms with E-state index in [1.165, 1.54) is 83.1 Å². The minimum atomic E-state index is -1.41. The minimum Gasteiger partial charge on any atom is -0.417 e. The maximum absolute atomic E-state index is 6.10. The van der Waals surface area contributed by atoms with Crippen LogP contribution >= 0.6 is 11.6 Å². The molecular formula is C19H41ClOSi. The van der Waals surface area contributed by atoms with Gasteiger partial charge in [-0.3, -0.25) is 0 Å². The van der Waals surface area contributed by atoms with Crippen LogP contribution in [0.1, 0.15) is 90.4 Å². The molecule has 0 aromatic carbocycles. The Kier molecular flexibility index (Phi) is 16.7. The first-order valence-electron chi connectivity index (χ1n) is 9.82. The van der Waals surface area contributed by atoms with Gasteiger partial charge in [0.1, 0.15) is 0 Å². The lowest BCUT2D eigenvalue weighted by molar-refractivity contribution is 0.293. The van der Waals surface area contributed by atoms with Crippen LogP contribution in [-0.2, 0) is 4.43 Å². The first-order chi connectivity index (χ1) is 10.6. The molecule has 0 unspecified atom stereocenters. The van der Waals surface area contributed by atoms with E-state index >= 15 is 0 Å². The van der Waals surface area contributed by atoms with Crippen molar-refractivity contribution >= 4 is 19.9 Å². The largest absolute Gasteiger partial charge is 0.417 e. The minimum absolute atomic E-state index is 0.776. The predicted molar refractivity (Wildman–Crippen MR) is 105 cm³/mol. The molecule has 3 heteroatoms. The van der Waals surface area contributed by atoms with Crippen LogP contribution in [0.15, 0.2) is 0 Å². The van der Waals surface area contributed by atoms with Crippen LogP contribution in [-0.4, -0.2) is 20.8 Å². The average Bonchev–Trinajstić information content (AvgIpc) is 2.50. The second kappa shape index (κ2) is 16.3. The maximum atomic E-state index is 6.10. The Morgan fingerprint density at radius 2 is 1.14 bits per heavy atom. The molecule has 0 radical (unpaired) electrons. The molecule has 0 atom stereocenters. The number of rotatable bonds is 17. The number of halogens is 1. The molecule has 0 saturated heterocycles. The van der Waals surface area contributed by atoms with Crippen LogP contribution in [0.4, 0.5) is 0 Å². The van der Waals surface area contributed by atoms with Crippen molar-refractivity contribution in [2.45, 2.75) is 110 Å². The monoisotopic (exact) mass is 348 g/mol. The highest BCUT2D eigenvalue weighted by Gasteiger charge is 2.20. The fourth-order valence-corrected chi connectivity index (χ4v) is 5.08. The van der Waals surface area contributed by atoms with Gasteiger partial charge in [-0.15, -0.1) is 11.6 Å². The van der Waals surface area contributed by atoms with Gasteiger partial charge in [0.15, 0.2) is 8.32 Å². The van der Waals surface area contributed by atoms with Crippen LogP contribution in [0.2, 0.25) is 19.1 Å². The van der Waals surface area contributed by atoms with Gasteiger partial charge < -0.3 is 4.43 Å². The van der Waals surface area contributed by atoms with Crippen molar-refractivity contribution in [2.75, 3.05) is 12.5 Å². The van der Waals surface area contributed by atoms with E-state index in [0.29, 0.717) is 0 Å². The van der Waals surface area contributed by atoms with Crippen molar-refractivity contribution < 1.29 is 4.43 Å². The third kappa shape index (κ3) is 16.8. The summed E-state index contributed by atoms with van der Waals surface area (Å²) in [7, 11) is -1.41. The molecule has 0 aromatic heterocycles. The SMILES string of the molecule is CCCCCCCCCCCCCCO[Si](C)(C)CCCCl. The molecule has 0 amide bonds. The highest BCUT2D eigenvalue weighted by Crippen LogP contribution is 2.16.